The van der Waals surface area contributed by atoms with Gasteiger partial charge in [-0.05, 0) is 37.8 Å². The molecule has 0 bridgehead atoms. The molecular weight excluding hydrogens is 200 g/mol. The third kappa shape index (κ3) is 2.44. The van der Waals surface area contributed by atoms with E-state index >= 15 is 0 Å². The number of rotatable bonds is 5. The van der Waals surface area contributed by atoms with Crippen LogP contribution in [0.5, 0.6) is 0 Å². The molecule has 16 heavy (non-hydrogen) atoms. The molecule has 0 aromatic carbocycles. The highest BCUT2D eigenvalue weighted by molar-refractivity contribution is 5.27. The first-order valence-corrected chi connectivity index (χ1v) is 6.32. The summed E-state index contributed by atoms with van der Waals surface area (Å²) in [6, 6.07) is 0. The predicted molar refractivity (Wildman–Crippen MR) is 65.2 cm³/mol. The van der Waals surface area contributed by atoms with Crippen molar-refractivity contribution in [2.24, 2.45) is 5.73 Å². The molecule has 1 aliphatic carbocycles. The van der Waals surface area contributed by atoms with Crippen molar-refractivity contribution < 1.29 is 0 Å². The molecule has 0 aliphatic heterocycles. The fourth-order valence-electron chi connectivity index (χ4n) is 2.42. The average Bonchev–Trinajstić information content (AvgIpc) is 2.72. The molecule has 1 aliphatic rings. The monoisotopic (exact) mass is 222 g/mol. The molecule has 90 valence electrons. The van der Waals surface area contributed by atoms with Crippen LogP contribution in [0.15, 0.2) is 0 Å². The number of hydrogen-bond donors (Lipinski definition) is 2. The number of nitrogens with one attached hydrogen (secondary N) is 1. The molecule has 2 rings (SSSR count). The molecule has 0 saturated carbocycles. The maximum absolute atomic E-state index is 5.60. The van der Waals surface area contributed by atoms with Crippen LogP contribution >= 0.6 is 0 Å². The van der Waals surface area contributed by atoms with Crippen LogP contribution in [-0.4, -0.2) is 34.7 Å². The lowest BCUT2D eigenvalue weighted by atomic mass is 9.96. The van der Waals surface area contributed by atoms with Gasteiger partial charge in [-0.2, -0.15) is 5.10 Å². The van der Waals surface area contributed by atoms with Gasteiger partial charge in [0.15, 0.2) is 0 Å². The molecule has 0 unspecified atom stereocenters. The topological polar surface area (TPSA) is 57.9 Å². The van der Waals surface area contributed by atoms with Crippen molar-refractivity contribution in [3.05, 3.63) is 17.0 Å². The normalized spacial score (nSPS) is 15.4. The van der Waals surface area contributed by atoms with Gasteiger partial charge in [-0.25, -0.2) is 0 Å². The number of aromatic nitrogens is 2. The van der Waals surface area contributed by atoms with Crippen molar-refractivity contribution in [2.75, 3.05) is 19.6 Å². The Hall–Kier alpha value is -0.870. The van der Waals surface area contributed by atoms with Crippen molar-refractivity contribution in [3.8, 4) is 0 Å². The van der Waals surface area contributed by atoms with E-state index in [4.69, 9.17) is 5.73 Å². The minimum Gasteiger partial charge on any atom is -0.329 e. The van der Waals surface area contributed by atoms with E-state index in [0.29, 0.717) is 0 Å². The SMILES string of the molecule is CCN(CCN)Cc1n[nH]c2c1CCCC2. The Labute approximate surface area is 97.2 Å². The summed E-state index contributed by atoms with van der Waals surface area (Å²) in [5.41, 5.74) is 9.68. The molecule has 0 saturated heterocycles. The third-order valence-corrected chi connectivity index (χ3v) is 3.41. The van der Waals surface area contributed by atoms with Gasteiger partial charge in [-0.3, -0.25) is 10.00 Å². The summed E-state index contributed by atoms with van der Waals surface area (Å²) in [5, 5.41) is 7.65. The maximum Gasteiger partial charge on any atom is 0.0797 e. The molecule has 4 nitrogen and oxygen atoms in total. The van der Waals surface area contributed by atoms with E-state index in [1.807, 2.05) is 0 Å². The van der Waals surface area contributed by atoms with Gasteiger partial charge in [0.25, 0.3) is 0 Å². The zero-order chi connectivity index (χ0) is 11.4. The smallest absolute Gasteiger partial charge is 0.0797 e. The standard InChI is InChI=1S/C12H22N4/c1-2-16(8-7-13)9-12-10-5-3-4-6-11(10)14-15-12/h2-9,13H2,1H3,(H,14,15). The van der Waals surface area contributed by atoms with E-state index in [1.54, 1.807) is 0 Å². The van der Waals surface area contributed by atoms with Crippen LogP contribution in [0.1, 0.15) is 36.7 Å². The number of nitrogens with zero attached hydrogens (tertiary/aromatic N) is 2. The zero-order valence-corrected chi connectivity index (χ0v) is 10.1. The van der Waals surface area contributed by atoms with Crippen LogP contribution in [-0.2, 0) is 19.4 Å². The number of nitrogens with two attached hydrogens (primary N) is 1. The second kappa shape index (κ2) is 5.46. The number of hydrogen-bond acceptors (Lipinski definition) is 3. The first-order valence-electron chi connectivity index (χ1n) is 6.32. The second-order valence-electron chi connectivity index (χ2n) is 4.49. The van der Waals surface area contributed by atoms with Crippen molar-refractivity contribution in [3.63, 3.8) is 0 Å². The molecular formula is C12H22N4. The Bertz CT molecular complexity index is 332. The van der Waals surface area contributed by atoms with Gasteiger partial charge in [0.1, 0.15) is 0 Å². The number of fused-ring (bicyclic) bond motifs is 1. The van der Waals surface area contributed by atoms with E-state index in [2.05, 4.69) is 22.0 Å². The Morgan fingerprint density at radius 2 is 2.19 bits per heavy atom. The first-order chi connectivity index (χ1) is 7.85. The Morgan fingerprint density at radius 1 is 1.38 bits per heavy atom. The van der Waals surface area contributed by atoms with Crippen molar-refractivity contribution in [1.82, 2.24) is 15.1 Å². The molecule has 1 heterocycles. The summed E-state index contributed by atoms with van der Waals surface area (Å²) in [7, 11) is 0. The summed E-state index contributed by atoms with van der Waals surface area (Å²) in [4.78, 5) is 2.35. The first kappa shape index (κ1) is 11.6. The van der Waals surface area contributed by atoms with Crippen LogP contribution in [0.4, 0.5) is 0 Å². The maximum atomic E-state index is 5.60. The molecule has 0 spiro atoms. The molecule has 1 aromatic rings. The fourth-order valence-corrected chi connectivity index (χ4v) is 2.42. The Balaban J connectivity index is 2.05. The molecule has 1 aromatic heterocycles. The molecule has 3 N–H and O–H groups in total. The average molecular weight is 222 g/mol. The van der Waals surface area contributed by atoms with E-state index < -0.39 is 0 Å². The highest BCUT2D eigenvalue weighted by Gasteiger charge is 2.17. The largest absolute Gasteiger partial charge is 0.329 e. The quantitative estimate of drug-likeness (QED) is 0.783. The Morgan fingerprint density at radius 3 is 2.94 bits per heavy atom. The highest BCUT2D eigenvalue weighted by Crippen LogP contribution is 2.22. The van der Waals surface area contributed by atoms with Crippen molar-refractivity contribution in [2.45, 2.75) is 39.2 Å². The van der Waals surface area contributed by atoms with Gasteiger partial charge < -0.3 is 5.73 Å². The highest BCUT2D eigenvalue weighted by atomic mass is 15.2. The van der Waals surface area contributed by atoms with Crippen LogP contribution in [0.25, 0.3) is 0 Å². The van der Waals surface area contributed by atoms with Crippen molar-refractivity contribution in [1.29, 1.82) is 0 Å². The van der Waals surface area contributed by atoms with E-state index in [-0.39, 0.29) is 0 Å². The van der Waals surface area contributed by atoms with Crippen molar-refractivity contribution >= 4 is 0 Å². The molecule has 0 atom stereocenters. The Kier molecular flexibility index (Phi) is 3.96. The third-order valence-electron chi connectivity index (χ3n) is 3.41. The van der Waals surface area contributed by atoms with Crippen LogP contribution in [0.2, 0.25) is 0 Å². The second-order valence-corrected chi connectivity index (χ2v) is 4.49. The van der Waals surface area contributed by atoms with E-state index in [1.165, 1.54) is 42.6 Å². The summed E-state index contributed by atoms with van der Waals surface area (Å²) in [6.45, 7) is 5.84. The molecule has 0 amide bonds. The number of aryl methyl sites for hydroxylation is 1. The number of aromatic amines is 1. The minimum atomic E-state index is 0.723. The molecule has 4 heteroatoms. The lowest BCUT2D eigenvalue weighted by Crippen LogP contribution is -2.29. The molecule has 0 radical (unpaired) electrons. The van der Waals surface area contributed by atoms with Gasteiger partial charge in [-0.1, -0.05) is 6.92 Å². The van der Waals surface area contributed by atoms with Crippen LogP contribution in [0.3, 0.4) is 0 Å². The summed E-state index contributed by atoms with van der Waals surface area (Å²) in [5.74, 6) is 0. The van der Waals surface area contributed by atoms with E-state index in [9.17, 15) is 0 Å². The van der Waals surface area contributed by atoms with Gasteiger partial charge in [0.2, 0.25) is 0 Å². The lowest BCUT2D eigenvalue weighted by molar-refractivity contribution is 0.283. The van der Waals surface area contributed by atoms with Gasteiger partial charge in [0, 0.05) is 25.3 Å². The summed E-state index contributed by atoms with van der Waals surface area (Å²) >= 11 is 0. The fraction of sp³-hybridized carbons (Fsp3) is 0.750. The van der Waals surface area contributed by atoms with Crippen LogP contribution < -0.4 is 5.73 Å². The number of likely N-dealkylation sites (N-methyl/N-ethyl adjacent to an activating group) is 1. The van der Waals surface area contributed by atoms with Gasteiger partial charge >= 0.3 is 0 Å². The predicted octanol–water partition coefficient (Wildman–Crippen LogP) is 1.07. The summed E-state index contributed by atoms with van der Waals surface area (Å²) < 4.78 is 0. The molecule has 0 fully saturated rings. The number of H-pyrrole nitrogens is 1. The minimum absolute atomic E-state index is 0.723. The summed E-state index contributed by atoms with van der Waals surface area (Å²) in [6.07, 6.45) is 4.98. The van der Waals surface area contributed by atoms with Gasteiger partial charge in [-0.15, -0.1) is 0 Å². The lowest BCUT2D eigenvalue weighted by Gasteiger charge is -2.19. The van der Waals surface area contributed by atoms with Gasteiger partial charge in [0.05, 0.1) is 5.69 Å². The zero-order valence-electron chi connectivity index (χ0n) is 10.1. The van der Waals surface area contributed by atoms with Crippen LogP contribution in [0, 0.1) is 0 Å². The van der Waals surface area contributed by atoms with E-state index in [0.717, 1.165) is 26.2 Å².